The molecule has 4 N–H and O–H groups in total. The fourth-order valence-corrected chi connectivity index (χ4v) is 1.34. The highest BCUT2D eigenvalue weighted by atomic mass is 16.5. The summed E-state index contributed by atoms with van der Waals surface area (Å²) < 4.78 is 5.08. The van der Waals surface area contributed by atoms with Gasteiger partial charge in [0.25, 0.3) is 0 Å². The third kappa shape index (κ3) is 4.26. The summed E-state index contributed by atoms with van der Waals surface area (Å²) in [5.41, 5.74) is 6.24. The number of hydrogen-bond acceptors (Lipinski definition) is 4. The lowest BCUT2D eigenvalue weighted by Crippen LogP contribution is -2.24. The molecule has 0 unspecified atom stereocenters. The Morgan fingerprint density at radius 1 is 1.26 bits per heavy atom. The number of ether oxygens (including phenoxy) is 1. The van der Waals surface area contributed by atoms with Gasteiger partial charge in [-0.05, 0) is 12.1 Å². The molecular weight excluding hydrogens is 246 g/mol. The minimum absolute atomic E-state index is 0.130. The molecule has 19 heavy (non-hydrogen) atoms. The topological polar surface area (TPSA) is 93.5 Å². The molecule has 0 fully saturated rings. The predicted molar refractivity (Wildman–Crippen MR) is 74.1 cm³/mol. The molecule has 1 rings (SSSR count). The number of rotatable bonds is 5. The summed E-state index contributed by atoms with van der Waals surface area (Å²) in [5.74, 6) is -0.0447. The lowest BCUT2D eigenvalue weighted by molar-refractivity contribution is -0.119. The van der Waals surface area contributed by atoms with Crippen molar-refractivity contribution in [1.82, 2.24) is 0 Å². The summed E-state index contributed by atoms with van der Waals surface area (Å²) in [6, 6.07) is 5.00. The number of hydrogen-bond donors (Lipinski definition) is 3. The van der Waals surface area contributed by atoms with Crippen molar-refractivity contribution in [2.75, 3.05) is 24.3 Å². The monoisotopic (exact) mass is 265 g/mol. The van der Waals surface area contributed by atoms with E-state index in [1.807, 2.05) is 0 Å². The van der Waals surface area contributed by atoms with E-state index in [4.69, 9.17) is 10.5 Å². The predicted octanol–water partition coefficient (Wildman–Crippen LogP) is 1.19. The molecule has 0 saturated heterocycles. The molecule has 0 aromatic heterocycles. The van der Waals surface area contributed by atoms with E-state index in [0.29, 0.717) is 17.1 Å². The van der Waals surface area contributed by atoms with Crippen molar-refractivity contribution in [2.24, 2.45) is 11.7 Å². The van der Waals surface area contributed by atoms with E-state index in [2.05, 4.69) is 10.6 Å². The van der Waals surface area contributed by atoms with Crippen LogP contribution in [0.1, 0.15) is 13.8 Å². The van der Waals surface area contributed by atoms with Crippen LogP contribution >= 0.6 is 0 Å². The number of carbonyl (C=O) groups excluding carboxylic acids is 2. The van der Waals surface area contributed by atoms with Gasteiger partial charge in [0.05, 0.1) is 25.0 Å². The molecule has 0 saturated carbocycles. The van der Waals surface area contributed by atoms with E-state index in [1.165, 1.54) is 7.11 Å². The van der Waals surface area contributed by atoms with Gasteiger partial charge < -0.3 is 21.1 Å². The molecule has 0 atom stereocenters. The zero-order chi connectivity index (χ0) is 14.4. The maximum atomic E-state index is 11.7. The van der Waals surface area contributed by atoms with Gasteiger partial charge in [0.1, 0.15) is 5.75 Å². The van der Waals surface area contributed by atoms with E-state index in [1.54, 1.807) is 32.0 Å². The standard InChI is InChI=1S/C13H19N3O3/c1-8(2)13(18)16-10-5-4-9(19-3)6-11(10)15-12(17)7-14/h4-6,8H,7,14H2,1-3H3,(H,15,17)(H,16,18). The Hall–Kier alpha value is -2.08. The number of methoxy groups -OCH3 is 1. The lowest BCUT2D eigenvalue weighted by Gasteiger charge is -2.14. The van der Waals surface area contributed by atoms with Gasteiger partial charge >= 0.3 is 0 Å². The van der Waals surface area contributed by atoms with Gasteiger partial charge in [0.15, 0.2) is 0 Å². The maximum absolute atomic E-state index is 11.7. The van der Waals surface area contributed by atoms with Crippen molar-refractivity contribution in [1.29, 1.82) is 0 Å². The van der Waals surface area contributed by atoms with Crippen LogP contribution in [0.25, 0.3) is 0 Å². The van der Waals surface area contributed by atoms with Crippen LogP contribution in [0.2, 0.25) is 0 Å². The van der Waals surface area contributed by atoms with Crippen LogP contribution in [0.15, 0.2) is 18.2 Å². The van der Waals surface area contributed by atoms with Crippen molar-refractivity contribution in [3.05, 3.63) is 18.2 Å². The van der Waals surface area contributed by atoms with Crippen LogP contribution in [0.4, 0.5) is 11.4 Å². The lowest BCUT2D eigenvalue weighted by atomic mass is 10.2. The zero-order valence-corrected chi connectivity index (χ0v) is 11.3. The molecule has 2 amide bonds. The van der Waals surface area contributed by atoms with Crippen LogP contribution in [0, 0.1) is 5.92 Å². The number of amides is 2. The van der Waals surface area contributed by atoms with Crippen LogP contribution < -0.4 is 21.1 Å². The second-order valence-electron chi connectivity index (χ2n) is 4.31. The van der Waals surface area contributed by atoms with Gasteiger partial charge in [0, 0.05) is 12.0 Å². The zero-order valence-electron chi connectivity index (χ0n) is 11.3. The third-order valence-electron chi connectivity index (χ3n) is 2.47. The summed E-state index contributed by atoms with van der Waals surface area (Å²) in [7, 11) is 1.52. The van der Waals surface area contributed by atoms with Crippen molar-refractivity contribution < 1.29 is 14.3 Å². The minimum atomic E-state index is -0.340. The smallest absolute Gasteiger partial charge is 0.238 e. The van der Waals surface area contributed by atoms with E-state index < -0.39 is 0 Å². The molecule has 0 bridgehead atoms. The Morgan fingerprint density at radius 2 is 1.95 bits per heavy atom. The first-order chi connectivity index (χ1) is 8.97. The number of carbonyl (C=O) groups is 2. The average Bonchev–Trinajstić information content (AvgIpc) is 2.40. The Kier molecular flexibility index (Phi) is 5.32. The van der Waals surface area contributed by atoms with Gasteiger partial charge in [-0.3, -0.25) is 9.59 Å². The second-order valence-corrected chi connectivity index (χ2v) is 4.31. The number of anilines is 2. The van der Waals surface area contributed by atoms with Crippen LogP contribution in [0.5, 0.6) is 5.75 Å². The molecule has 6 nitrogen and oxygen atoms in total. The van der Waals surface area contributed by atoms with Gasteiger partial charge in [-0.15, -0.1) is 0 Å². The Bertz CT molecular complexity index is 472. The molecule has 0 aliphatic heterocycles. The second kappa shape index (κ2) is 6.75. The average molecular weight is 265 g/mol. The Morgan fingerprint density at radius 3 is 2.47 bits per heavy atom. The van der Waals surface area contributed by atoms with Crippen LogP contribution in [-0.2, 0) is 9.59 Å². The largest absolute Gasteiger partial charge is 0.497 e. The molecule has 0 aliphatic rings. The molecular formula is C13H19N3O3. The first-order valence-electron chi connectivity index (χ1n) is 5.96. The fourth-order valence-electron chi connectivity index (χ4n) is 1.34. The van der Waals surface area contributed by atoms with E-state index in [-0.39, 0.29) is 24.3 Å². The molecule has 6 heteroatoms. The van der Waals surface area contributed by atoms with Crippen molar-refractivity contribution in [2.45, 2.75) is 13.8 Å². The van der Waals surface area contributed by atoms with Crippen molar-refractivity contribution >= 4 is 23.2 Å². The van der Waals surface area contributed by atoms with E-state index >= 15 is 0 Å². The fraction of sp³-hybridized carbons (Fsp3) is 0.385. The highest BCUT2D eigenvalue weighted by molar-refractivity contribution is 6.00. The van der Waals surface area contributed by atoms with Crippen molar-refractivity contribution in [3.8, 4) is 5.75 Å². The van der Waals surface area contributed by atoms with Gasteiger partial charge in [-0.25, -0.2) is 0 Å². The van der Waals surface area contributed by atoms with E-state index in [0.717, 1.165) is 0 Å². The molecule has 0 aliphatic carbocycles. The Balaban J connectivity index is 3.01. The van der Waals surface area contributed by atoms with E-state index in [9.17, 15) is 9.59 Å². The normalized spacial score (nSPS) is 10.2. The van der Waals surface area contributed by atoms with Crippen molar-refractivity contribution in [3.63, 3.8) is 0 Å². The first-order valence-corrected chi connectivity index (χ1v) is 5.96. The van der Waals surface area contributed by atoms with Gasteiger partial charge in [-0.2, -0.15) is 0 Å². The maximum Gasteiger partial charge on any atom is 0.238 e. The molecule has 0 spiro atoms. The highest BCUT2D eigenvalue weighted by Crippen LogP contribution is 2.27. The summed E-state index contributed by atoms with van der Waals surface area (Å²) >= 11 is 0. The first kappa shape index (κ1) is 15.0. The summed E-state index contributed by atoms with van der Waals surface area (Å²) in [6.45, 7) is 3.45. The van der Waals surface area contributed by atoms with Crippen LogP contribution in [0.3, 0.4) is 0 Å². The molecule has 104 valence electrons. The molecule has 1 aromatic carbocycles. The Labute approximate surface area is 112 Å². The summed E-state index contributed by atoms with van der Waals surface area (Å²) in [4.78, 5) is 23.1. The minimum Gasteiger partial charge on any atom is -0.497 e. The van der Waals surface area contributed by atoms with Gasteiger partial charge in [-0.1, -0.05) is 13.8 Å². The molecule has 0 radical (unpaired) electrons. The number of nitrogens with two attached hydrogens (primary N) is 1. The molecule has 0 heterocycles. The summed E-state index contributed by atoms with van der Waals surface area (Å²) in [6.07, 6.45) is 0. The highest BCUT2D eigenvalue weighted by Gasteiger charge is 2.12. The number of benzene rings is 1. The SMILES string of the molecule is COc1ccc(NC(=O)C(C)C)c(NC(=O)CN)c1. The number of nitrogens with one attached hydrogen (secondary N) is 2. The third-order valence-corrected chi connectivity index (χ3v) is 2.47. The van der Waals surface area contributed by atoms with Crippen LogP contribution in [-0.4, -0.2) is 25.5 Å². The quantitative estimate of drug-likeness (QED) is 0.745. The summed E-state index contributed by atoms with van der Waals surface area (Å²) in [5, 5.41) is 5.36. The van der Waals surface area contributed by atoms with Gasteiger partial charge in [0.2, 0.25) is 11.8 Å². The molecule has 1 aromatic rings.